The number of fused-ring (bicyclic) bond motifs is 2. The molecule has 3 atom stereocenters. The predicted octanol–water partition coefficient (Wildman–Crippen LogP) is 4.37. The highest BCUT2D eigenvalue weighted by Gasteiger charge is 2.58. The fourth-order valence-electron chi connectivity index (χ4n) is 6.11. The molecule has 1 aromatic heterocycles. The van der Waals surface area contributed by atoms with Crippen molar-refractivity contribution in [3.63, 3.8) is 0 Å². The van der Waals surface area contributed by atoms with E-state index >= 15 is 0 Å². The summed E-state index contributed by atoms with van der Waals surface area (Å²) in [4.78, 5) is 41.8. The lowest BCUT2D eigenvalue weighted by molar-refractivity contribution is -0.138. The van der Waals surface area contributed by atoms with Gasteiger partial charge in [0.2, 0.25) is 0 Å². The molecule has 0 aliphatic carbocycles. The topological polar surface area (TPSA) is 97.0 Å². The van der Waals surface area contributed by atoms with E-state index in [1.165, 1.54) is 18.4 Å². The minimum atomic E-state index is -1.20. The fourth-order valence-corrected chi connectivity index (χ4v) is 6.74. The van der Waals surface area contributed by atoms with Gasteiger partial charge in [-0.15, -0.1) is 0 Å². The second kappa shape index (κ2) is 12.0. The Morgan fingerprint density at radius 3 is 2.43 bits per heavy atom. The first-order valence-corrected chi connectivity index (χ1v) is 15.1. The van der Waals surface area contributed by atoms with E-state index in [2.05, 4.69) is 10.6 Å². The lowest BCUT2D eigenvalue weighted by Gasteiger charge is -2.36. The molecule has 42 heavy (non-hydrogen) atoms. The van der Waals surface area contributed by atoms with E-state index in [0.29, 0.717) is 37.9 Å². The molecular weight excluding hydrogens is 550 g/mol. The number of piperidine rings is 1. The predicted molar refractivity (Wildman–Crippen MR) is 161 cm³/mol. The monoisotopic (exact) mass is 583 g/mol. The maximum absolute atomic E-state index is 13.8. The highest BCUT2D eigenvalue weighted by molar-refractivity contribution is 7.08. The van der Waals surface area contributed by atoms with E-state index < -0.39 is 23.7 Å². The van der Waals surface area contributed by atoms with Crippen LogP contribution < -0.4 is 10.6 Å². The van der Waals surface area contributed by atoms with Crippen LogP contribution in [0.25, 0.3) is 0 Å². The molecule has 2 N–H and O–H groups in total. The first kappa shape index (κ1) is 27.9. The third-order valence-electron chi connectivity index (χ3n) is 8.22. The van der Waals surface area contributed by atoms with Gasteiger partial charge in [0.25, 0.3) is 11.8 Å². The van der Waals surface area contributed by atoms with Crippen LogP contribution in [0.3, 0.4) is 0 Å². The number of carbonyl (C=O) groups excluding carboxylic acids is 3. The molecule has 0 radical (unpaired) electrons. The van der Waals surface area contributed by atoms with Crippen LogP contribution in [0.4, 0.5) is 5.69 Å². The molecular formula is C33H33N3O5S. The summed E-state index contributed by atoms with van der Waals surface area (Å²) >= 11 is 1.50. The fraction of sp³-hybridized carbons (Fsp3) is 0.303. The number of rotatable bonds is 9. The molecule has 216 valence electrons. The van der Waals surface area contributed by atoms with Crippen LogP contribution >= 0.6 is 11.3 Å². The average Bonchev–Trinajstić information content (AvgIpc) is 3.79. The number of carbonyl (C=O) groups is 3. The van der Waals surface area contributed by atoms with Crippen molar-refractivity contribution in [2.45, 2.75) is 43.1 Å². The number of hydrogen-bond donors (Lipinski definition) is 2. The standard InChI is InChI=1S/C33H33N3O5S/c1-40-32(39)29-28(30(37)35-25-13-17-36(18-14-25)31(38)23-15-19-42-21-23)26-12-16-33(29,41-26)27(20-22-8-4-2-5-9-22)34-24-10-6-3-7-11-24/h2-12,15-16,19,21,25-27,34H,13-14,17-18,20H2,1H3,(H,35,37). The Kier molecular flexibility index (Phi) is 7.95. The Balaban J connectivity index is 1.25. The van der Waals surface area contributed by atoms with Gasteiger partial charge in [-0.1, -0.05) is 54.6 Å². The summed E-state index contributed by atoms with van der Waals surface area (Å²) in [6.07, 6.45) is 4.86. The summed E-state index contributed by atoms with van der Waals surface area (Å²) in [6, 6.07) is 21.0. The van der Waals surface area contributed by atoms with Crippen LogP contribution in [-0.4, -0.2) is 66.7 Å². The quantitative estimate of drug-likeness (QED) is 0.287. The molecule has 2 amide bonds. The number of anilines is 1. The number of nitrogens with zero attached hydrogens (tertiary/aromatic N) is 1. The van der Waals surface area contributed by atoms with E-state index in [1.807, 2.05) is 94.5 Å². The highest BCUT2D eigenvalue weighted by Crippen LogP contribution is 2.47. The third-order valence-corrected chi connectivity index (χ3v) is 8.90. The van der Waals surface area contributed by atoms with Gasteiger partial charge in [0.05, 0.1) is 29.9 Å². The SMILES string of the molecule is COC(=O)C1=C(C(=O)NC2CCN(C(=O)c3ccsc3)CC2)C2C=CC1(C(Cc1ccccc1)Nc1ccccc1)O2. The lowest BCUT2D eigenvalue weighted by Crippen LogP contribution is -2.50. The minimum absolute atomic E-state index is 0.0145. The number of para-hydroxylation sites is 1. The van der Waals surface area contributed by atoms with Crippen molar-refractivity contribution in [3.8, 4) is 0 Å². The van der Waals surface area contributed by atoms with Crippen LogP contribution in [0.1, 0.15) is 28.8 Å². The highest BCUT2D eigenvalue weighted by atomic mass is 32.1. The summed E-state index contributed by atoms with van der Waals surface area (Å²) in [5.41, 5.74) is 1.94. The number of benzene rings is 2. The van der Waals surface area contributed by atoms with Crippen molar-refractivity contribution in [2.24, 2.45) is 0 Å². The zero-order valence-corrected chi connectivity index (χ0v) is 24.1. The third kappa shape index (κ3) is 5.37. The molecule has 9 heteroatoms. The van der Waals surface area contributed by atoms with Gasteiger partial charge in [-0.2, -0.15) is 11.3 Å². The van der Waals surface area contributed by atoms with Crippen molar-refractivity contribution < 1.29 is 23.9 Å². The van der Waals surface area contributed by atoms with Crippen molar-refractivity contribution >= 4 is 34.8 Å². The Morgan fingerprint density at radius 2 is 1.76 bits per heavy atom. The number of thiophene rings is 1. The molecule has 2 aromatic carbocycles. The van der Waals surface area contributed by atoms with Gasteiger partial charge in [0.1, 0.15) is 11.7 Å². The van der Waals surface area contributed by atoms with Gasteiger partial charge >= 0.3 is 5.97 Å². The first-order valence-electron chi connectivity index (χ1n) is 14.2. The molecule has 3 aliphatic heterocycles. The van der Waals surface area contributed by atoms with Gasteiger partial charge < -0.3 is 25.0 Å². The molecule has 0 saturated carbocycles. The van der Waals surface area contributed by atoms with Crippen molar-refractivity contribution in [1.29, 1.82) is 0 Å². The number of esters is 1. The second-order valence-corrected chi connectivity index (χ2v) is 11.6. The Labute approximate surface area is 249 Å². The smallest absolute Gasteiger partial charge is 0.337 e. The summed E-state index contributed by atoms with van der Waals surface area (Å²) in [6.45, 7) is 1.10. The molecule has 1 saturated heterocycles. The Hall–Kier alpha value is -4.21. The average molecular weight is 584 g/mol. The van der Waals surface area contributed by atoms with Crippen LogP contribution in [0.2, 0.25) is 0 Å². The lowest BCUT2D eigenvalue weighted by atomic mass is 9.78. The van der Waals surface area contributed by atoms with Gasteiger partial charge in [-0.05, 0) is 54.5 Å². The van der Waals surface area contributed by atoms with E-state index in [4.69, 9.17) is 9.47 Å². The van der Waals surface area contributed by atoms with Gasteiger partial charge in [0.15, 0.2) is 0 Å². The van der Waals surface area contributed by atoms with E-state index in [1.54, 1.807) is 0 Å². The molecule has 2 bridgehead atoms. The second-order valence-electron chi connectivity index (χ2n) is 10.8. The molecule has 8 nitrogen and oxygen atoms in total. The van der Waals surface area contributed by atoms with Crippen LogP contribution in [-0.2, 0) is 25.5 Å². The number of amides is 2. The summed E-state index contributed by atoms with van der Waals surface area (Å²) < 4.78 is 11.8. The zero-order chi connectivity index (χ0) is 29.1. The molecule has 3 aromatic rings. The maximum atomic E-state index is 13.8. The molecule has 4 heterocycles. The van der Waals surface area contributed by atoms with Crippen molar-refractivity contribution in [2.75, 3.05) is 25.5 Å². The summed E-state index contributed by atoms with van der Waals surface area (Å²) in [7, 11) is 1.32. The van der Waals surface area contributed by atoms with E-state index in [0.717, 1.165) is 11.3 Å². The molecule has 3 aliphatic rings. The molecule has 0 spiro atoms. The summed E-state index contributed by atoms with van der Waals surface area (Å²) in [5.74, 6) is -0.913. The number of likely N-dealkylation sites (tertiary alicyclic amines) is 1. The minimum Gasteiger partial charge on any atom is -0.466 e. The van der Waals surface area contributed by atoms with Gasteiger partial charge in [-0.3, -0.25) is 9.59 Å². The number of nitrogens with one attached hydrogen (secondary N) is 2. The van der Waals surface area contributed by atoms with Crippen LogP contribution in [0, 0.1) is 0 Å². The van der Waals surface area contributed by atoms with Crippen LogP contribution in [0.5, 0.6) is 0 Å². The largest absolute Gasteiger partial charge is 0.466 e. The number of methoxy groups -OCH3 is 1. The van der Waals surface area contributed by atoms with E-state index in [-0.39, 0.29) is 29.0 Å². The van der Waals surface area contributed by atoms with Crippen molar-refractivity contribution in [1.82, 2.24) is 10.2 Å². The van der Waals surface area contributed by atoms with Crippen LogP contribution in [0.15, 0.2) is 101 Å². The Bertz CT molecular complexity index is 1460. The zero-order valence-electron chi connectivity index (χ0n) is 23.3. The normalized spacial score (nSPS) is 22.2. The van der Waals surface area contributed by atoms with Gasteiger partial charge in [0, 0.05) is 30.2 Å². The summed E-state index contributed by atoms with van der Waals surface area (Å²) in [5, 5.41) is 10.5. The molecule has 3 unspecified atom stereocenters. The van der Waals surface area contributed by atoms with Gasteiger partial charge in [-0.25, -0.2) is 4.79 Å². The molecule has 6 rings (SSSR count). The number of ether oxygens (including phenoxy) is 2. The maximum Gasteiger partial charge on any atom is 0.337 e. The Morgan fingerprint density at radius 1 is 1.05 bits per heavy atom. The molecule has 1 fully saturated rings. The number of hydrogen-bond acceptors (Lipinski definition) is 7. The van der Waals surface area contributed by atoms with Crippen molar-refractivity contribution in [3.05, 3.63) is 112 Å². The van der Waals surface area contributed by atoms with E-state index in [9.17, 15) is 14.4 Å². The first-order chi connectivity index (χ1) is 20.5.